The van der Waals surface area contributed by atoms with Crippen LogP contribution in [0.15, 0.2) is 24.6 Å². The van der Waals surface area contributed by atoms with Crippen LogP contribution in [-0.2, 0) is 0 Å². The molecule has 0 unspecified atom stereocenters. The normalized spacial score (nSPS) is 10.9. The molecule has 0 rings (SSSR count). The van der Waals surface area contributed by atoms with Crippen LogP contribution < -0.4 is 5.32 Å². The van der Waals surface area contributed by atoms with Gasteiger partial charge in [0.15, 0.2) is 0 Å². The minimum Gasteiger partial charge on any atom is -0.386 e. The zero-order valence-electron chi connectivity index (χ0n) is 7.96. The zero-order valence-corrected chi connectivity index (χ0v) is 7.96. The molecule has 0 heterocycles. The Bertz CT molecular complexity index is 180. The first-order valence-corrected chi connectivity index (χ1v) is 3.91. The van der Waals surface area contributed by atoms with E-state index in [0.29, 0.717) is 5.71 Å². The van der Waals surface area contributed by atoms with Crippen molar-refractivity contribution in [3.05, 3.63) is 24.6 Å². The van der Waals surface area contributed by atoms with E-state index in [2.05, 4.69) is 5.32 Å². The molecule has 12 heavy (non-hydrogen) atoms. The molecule has 3 heteroatoms. The molecule has 0 bridgehead atoms. The average molecular weight is 167 g/mol. The fraction of sp³-hybridized carbons (Fsp3) is 0.444. The van der Waals surface area contributed by atoms with Crippen molar-refractivity contribution < 1.29 is 0 Å². The summed E-state index contributed by atoms with van der Waals surface area (Å²) >= 11 is 0. The summed E-state index contributed by atoms with van der Waals surface area (Å²) < 4.78 is 0. The van der Waals surface area contributed by atoms with E-state index in [9.17, 15) is 0 Å². The highest BCUT2D eigenvalue weighted by Crippen LogP contribution is 1.76. The maximum Gasteiger partial charge on any atom is 0.0329 e. The summed E-state index contributed by atoms with van der Waals surface area (Å²) in [6.07, 6.45) is 7.51. The van der Waals surface area contributed by atoms with Crippen molar-refractivity contribution >= 4 is 5.71 Å². The molecule has 0 spiro atoms. The topological polar surface area (TPSA) is 39.1 Å². The van der Waals surface area contributed by atoms with Crippen molar-refractivity contribution in [1.82, 2.24) is 10.2 Å². The molecule has 0 aliphatic rings. The molecule has 2 N–H and O–H groups in total. The lowest BCUT2D eigenvalue weighted by atomic mass is 10.4. The van der Waals surface area contributed by atoms with Crippen LogP contribution in [0.3, 0.4) is 0 Å². The first-order valence-electron chi connectivity index (χ1n) is 3.91. The number of nitrogens with zero attached hydrogens (tertiary/aromatic N) is 1. The minimum absolute atomic E-state index is 0.577. The molecule has 0 amide bonds. The summed E-state index contributed by atoms with van der Waals surface area (Å²) in [5, 5.41) is 10.2. The monoisotopic (exact) mass is 167 g/mol. The van der Waals surface area contributed by atoms with E-state index in [1.165, 1.54) is 0 Å². The van der Waals surface area contributed by atoms with Gasteiger partial charge in [0.05, 0.1) is 0 Å². The first kappa shape index (κ1) is 10.8. The summed E-state index contributed by atoms with van der Waals surface area (Å²) in [6.45, 7) is 2.52. The Morgan fingerprint density at radius 2 is 2.17 bits per heavy atom. The summed E-state index contributed by atoms with van der Waals surface area (Å²) in [5.74, 6) is 0. The molecule has 0 aromatic carbocycles. The van der Waals surface area contributed by atoms with Gasteiger partial charge in [-0.25, -0.2) is 0 Å². The fourth-order valence-corrected chi connectivity index (χ4v) is 0.574. The van der Waals surface area contributed by atoms with Crippen LogP contribution in [0.4, 0.5) is 0 Å². The molecular formula is C9H17N3. The SMILES string of the molecule is CC(=N)/C=C\CN/C=C\N(C)C. The van der Waals surface area contributed by atoms with Gasteiger partial charge in [-0.1, -0.05) is 6.08 Å². The van der Waals surface area contributed by atoms with Gasteiger partial charge in [0.2, 0.25) is 0 Å². The van der Waals surface area contributed by atoms with Crippen LogP contribution >= 0.6 is 0 Å². The Balaban J connectivity index is 3.39. The van der Waals surface area contributed by atoms with Gasteiger partial charge in [-0.15, -0.1) is 0 Å². The zero-order chi connectivity index (χ0) is 9.40. The highest BCUT2D eigenvalue weighted by Gasteiger charge is 1.76. The third-order valence-corrected chi connectivity index (χ3v) is 1.09. The molecule has 0 radical (unpaired) electrons. The van der Waals surface area contributed by atoms with Gasteiger partial charge in [0.25, 0.3) is 0 Å². The molecule has 0 aromatic rings. The molecule has 0 aromatic heterocycles. The highest BCUT2D eigenvalue weighted by molar-refractivity contribution is 5.89. The van der Waals surface area contributed by atoms with Crippen molar-refractivity contribution in [3.63, 3.8) is 0 Å². The first-order chi connectivity index (χ1) is 5.63. The van der Waals surface area contributed by atoms with Crippen molar-refractivity contribution in [2.45, 2.75) is 6.92 Å². The second kappa shape index (κ2) is 6.46. The van der Waals surface area contributed by atoms with Gasteiger partial charge in [-0.3, -0.25) is 0 Å². The predicted molar refractivity (Wildman–Crippen MR) is 53.4 cm³/mol. The minimum atomic E-state index is 0.577. The standard InChI is InChI=1S/C9H17N3/c1-9(10)5-4-6-11-7-8-12(2)3/h4-5,7-8,10-11H,6H2,1-3H3/b5-4-,8-7-,10-9?. The van der Waals surface area contributed by atoms with Gasteiger partial charge in [-0.2, -0.15) is 0 Å². The van der Waals surface area contributed by atoms with Crippen molar-refractivity contribution in [3.8, 4) is 0 Å². The molecule has 68 valence electrons. The number of hydrogen-bond acceptors (Lipinski definition) is 3. The molecule has 0 fully saturated rings. The van der Waals surface area contributed by atoms with E-state index >= 15 is 0 Å². The number of hydrogen-bond donors (Lipinski definition) is 2. The Morgan fingerprint density at radius 1 is 1.50 bits per heavy atom. The van der Waals surface area contributed by atoms with Crippen molar-refractivity contribution in [1.29, 1.82) is 5.41 Å². The molecule has 0 saturated heterocycles. The van der Waals surface area contributed by atoms with Gasteiger partial charge in [0.1, 0.15) is 0 Å². The van der Waals surface area contributed by atoms with Gasteiger partial charge in [-0.05, 0) is 13.0 Å². The Labute approximate surface area is 74.3 Å². The molecule has 0 atom stereocenters. The smallest absolute Gasteiger partial charge is 0.0329 e. The van der Waals surface area contributed by atoms with Crippen LogP contribution in [0.2, 0.25) is 0 Å². The molecule has 3 nitrogen and oxygen atoms in total. The largest absolute Gasteiger partial charge is 0.386 e. The summed E-state index contributed by atoms with van der Waals surface area (Å²) in [4.78, 5) is 1.96. The second-order valence-electron chi connectivity index (χ2n) is 2.77. The average Bonchev–Trinajstić information content (AvgIpc) is 1.95. The van der Waals surface area contributed by atoms with E-state index in [1.807, 2.05) is 37.5 Å². The summed E-state index contributed by atoms with van der Waals surface area (Å²) in [7, 11) is 3.94. The fourth-order valence-electron chi connectivity index (χ4n) is 0.574. The lowest BCUT2D eigenvalue weighted by Crippen LogP contribution is -2.08. The van der Waals surface area contributed by atoms with E-state index in [-0.39, 0.29) is 0 Å². The molecular weight excluding hydrogens is 150 g/mol. The van der Waals surface area contributed by atoms with Gasteiger partial charge >= 0.3 is 0 Å². The highest BCUT2D eigenvalue weighted by atomic mass is 15.0. The Morgan fingerprint density at radius 3 is 2.67 bits per heavy atom. The Hall–Kier alpha value is -1.25. The molecule has 0 saturated carbocycles. The summed E-state index contributed by atoms with van der Waals surface area (Å²) in [6, 6.07) is 0. The predicted octanol–water partition coefficient (Wildman–Crippen LogP) is 1.20. The maximum atomic E-state index is 7.10. The van der Waals surface area contributed by atoms with Crippen LogP contribution in [0.1, 0.15) is 6.92 Å². The molecule has 0 aliphatic carbocycles. The maximum absolute atomic E-state index is 7.10. The van der Waals surface area contributed by atoms with E-state index in [1.54, 1.807) is 13.0 Å². The third-order valence-electron chi connectivity index (χ3n) is 1.09. The van der Waals surface area contributed by atoms with Crippen LogP contribution in [0.25, 0.3) is 0 Å². The number of allylic oxidation sites excluding steroid dienone is 1. The van der Waals surface area contributed by atoms with Crippen LogP contribution in [0, 0.1) is 5.41 Å². The second-order valence-corrected chi connectivity index (χ2v) is 2.77. The lowest BCUT2D eigenvalue weighted by molar-refractivity contribution is 0.559. The number of nitrogens with one attached hydrogen (secondary N) is 2. The van der Waals surface area contributed by atoms with Crippen LogP contribution in [0.5, 0.6) is 0 Å². The third kappa shape index (κ3) is 8.75. The van der Waals surface area contributed by atoms with Crippen LogP contribution in [-0.4, -0.2) is 31.3 Å². The molecule has 0 aliphatic heterocycles. The number of rotatable bonds is 5. The summed E-state index contributed by atoms with van der Waals surface area (Å²) in [5.41, 5.74) is 0.577. The quantitative estimate of drug-likeness (QED) is 0.477. The van der Waals surface area contributed by atoms with E-state index in [4.69, 9.17) is 5.41 Å². The van der Waals surface area contributed by atoms with E-state index < -0.39 is 0 Å². The van der Waals surface area contributed by atoms with E-state index in [0.717, 1.165) is 6.54 Å². The van der Waals surface area contributed by atoms with Crippen molar-refractivity contribution in [2.75, 3.05) is 20.6 Å². The lowest BCUT2D eigenvalue weighted by Gasteiger charge is -2.02. The van der Waals surface area contributed by atoms with Gasteiger partial charge < -0.3 is 15.6 Å². The van der Waals surface area contributed by atoms with Crippen molar-refractivity contribution in [2.24, 2.45) is 0 Å². The Kier molecular flexibility index (Phi) is 5.79. The van der Waals surface area contributed by atoms with Gasteiger partial charge in [0, 0.05) is 38.8 Å².